The van der Waals surface area contributed by atoms with Gasteiger partial charge in [0.2, 0.25) is 5.13 Å². The molecule has 1 aromatic carbocycles. The molecule has 0 saturated heterocycles. The van der Waals surface area contributed by atoms with Crippen LogP contribution >= 0.6 is 11.3 Å². The van der Waals surface area contributed by atoms with Crippen molar-refractivity contribution in [1.82, 2.24) is 15.2 Å². The molecule has 2 N–H and O–H groups in total. The first kappa shape index (κ1) is 13.9. The van der Waals surface area contributed by atoms with Crippen molar-refractivity contribution in [1.29, 1.82) is 0 Å². The standard InChI is InChI=1S/C15H16N4OS/c1-2-13(20)9-17-15-19-18-14(21-15)11-3-4-12-8-16-6-5-10(12)7-11/h3-8,13,20H,2,9H2,1H3,(H,17,19). The van der Waals surface area contributed by atoms with Crippen molar-refractivity contribution in [3.8, 4) is 10.6 Å². The van der Waals surface area contributed by atoms with Gasteiger partial charge in [0.15, 0.2) is 0 Å². The minimum absolute atomic E-state index is 0.356. The van der Waals surface area contributed by atoms with Crippen LogP contribution in [0.2, 0.25) is 0 Å². The van der Waals surface area contributed by atoms with Crippen LogP contribution in [-0.4, -0.2) is 32.9 Å². The molecule has 0 radical (unpaired) electrons. The number of hydrogen-bond donors (Lipinski definition) is 2. The zero-order chi connectivity index (χ0) is 14.7. The first-order valence-electron chi connectivity index (χ1n) is 6.86. The quantitative estimate of drug-likeness (QED) is 0.758. The maximum Gasteiger partial charge on any atom is 0.206 e. The molecule has 1 unspecified atom stereocenters. The van der Waals surface area contributed by atoms with Gasteiger partial charge < -0.3 is 10.4 Å². The summed E-state index contributed by atoms with van der Waals surface area (Å²) in [5, 5.41) is 24.8. The Kier molecular flexibility index (Phi) is 4.08. The number of nitrogens with zero attached hydrogens (tertiary/aromatic N) is 3. The Morgan fingerprint density at radius 2 is 2.14 bits per heavy atom. The summed E-state index contributed by atoms with van der Waals surface area (Å²) in [6.45, 7) is 2.44. The third kappa shape index (κ3) is 3.17. The van der Waals surface area contributed by atoms with E-state index >= 15 is 0 Å². The molecule has 0 spiro atoms. The summed E-state index contributed by atoms with van der Waals surface area (Å²) >= 11 is 1.49. The summed E-state index contributed by atoms with van der Waals surface area (Å²) in [7, 11) is 0. The predicted molar refractivity (Wildman–Crippen MR) is 85.4 cm³/mol. The largest absolute Gasteiger partial charge is 0.391 e. The number of nitrogens with one attached hydrogen (secondary N) is 1. The Hall–Kier alpha value is -2.05. The molecule has 1 atom stereocenters. The van der Waals surface area contributed by atoms with E-state index < -0.39 is 0 Å². The Bertz CT molecular complexity index is 743. The average Bonchev–Trinajstić information content (AvgIpc) is 3.01. The van der Waals surface area contributed by atoms with Crippen LogP contribution in [0.1, 0.15) is 13.3 Å². The zero-order valence-corrected chi connectivity index (χ0v) is 12.5. The second kappa shape index (κ2) is 6.15. The van der Waals surface area contributed by atoms with Crippen molar-refractivity contribution in [3.63, 3.8) is 0 Å². The third-order valence-corrected chi connectivity index (χ3v) is 4.20. The van der Waals surface area contributed by atoms with Gasteiger partial charge >= 0.3 is 0 Å². The van der Waals surface area contributed by atoms with E-state index in [0.717, 1.165) is 32.9 Å². The molecule has 21 heavy (non-hydrogen) atoms. The minimum Gasteiger partial charge on any atom is -0.391 e. The third-order valence-electron chi connectivity index (χ3n) is 3.27. The summed E-state index contributed by atoms with van der Waals surface area (Å²) in [6, 6.07) is 8.13. The van der Waals surface area contributed by atoms with Gasteiger partial charge in [-0.15, -0.1) is 10.2 Å². The molecule has 3 aromatic rings. The van der Waals surface area contributed by atoms with Gasteiger partial charge in [-0.25, -0.2) is 0 Å². The van der Waals surface area contributed by atoms with Crippen LogP contribution in [0.15, 0.2) is 36.7 Å². The maximum absolute atomic E-state index is 9.55. The van der Waals surface area contributed by atoms with Gasteiger partial charge in [0.05, 0.1) is 6.10 Å². The fourth-order valence-electron chi connectivity index (χ4n) is 1.98. The van der Waals surface area contributed by atoms with E-state index in [1.807, 2.05) is 31.3 Å². The van der Waals surface area contributed by atoms with Crippen molar-refractivity contribution < 1.29 is 5.11 Å². The van der Waals surface area contributed by atoms with Gasteiger partial charge in [0, 0.05) is 29.9 Å². The molecule has 6 heteroatoms. The Morgan fingerprint density at radius 3 is 3.00 bits per heavy atom. The van der Waals surface area contributed by atoms with Gasteiger partial charge in [0.25, 0.3) is 0 Å². The SMILES string of the molecule is CCC(O)CNc1nnc(-c2ccc3cnccc3c2)s1. The number of benzene rings is 1. The van der Waals surface area contributed by atoms with Crippen LogP contribution in [0.4, 0.5) is 5.13 Å². The molecule has 2 aromatic heterocycles. The predicted octanol–water partition coefficient (Wildman–Crippen LogP) is 2.94. The fourth-order valence-corrected chi connectivity index (χ4v) is 2.72. The Labute approximate surface area is 126 Å². The first-order chi connectivity index (χ1) is 10.3. The van der Waals surface area contributed by atoms with Crippen LogP contribution in [0, 0.1) is 0 Å². The van der Waals surface area contributed by atoms with Crippen LogP contribution in [-0.2, 0) is 0 Å². The molecule has 0 amide bonds. The van der Waals surface area contributed by atoms with E-state index in [1.165, 1.54) is 11.3 Å². The number of rotatable bonds is 5. The lowest BCUT2D eigenvalue weighted by Gasteiger charge is -2.06. The van der Waals surface area contributed by atoms with Crippen molar-refractivity contribution in [3.05, 3.63) is 36.7 Å². The van der Waals surface area contributed by atoms with Gasteiger partial charge in [-0.3, -0.25) is 4.98 Å². The minimum atomic E-state index is -0.356. The number of pyridine rings is 1. The second-order valence-corrected chi connectivity index (χ2v) is 5.77. The molecular weight excluding hydrogens is 284 g/mol. The van der Waals surface area contributed by atoms with E-state index in [-0.39, 0.29) is 6.10 Å². The van der Waals surface area contributed by atoms with E-state index in [9.17, 15) is 5.11 Å². The summed E-state index contributed by atoms with van der Waals surface area (Å²) in [6.07, 6.45) is 3.99. The lowest BCUT2D eigenvalue weighted by atomic mass is 10.1. The van der Waals surface area contributed by atoms with Crippen molar-refractivity contribution >= 4 is 27.2 Å². The fraction of sp³-hybridized carbons (Fsp3) is 0.267. The number of aromatic nitrogens is 3. The topological polar surface area (TPSA) is 70.9 Å². The molecule has 3 rings (SSSR count). The highest BCUT2D eigenvalue weighted by atomic mass is 32.1. The second-order valence-electron chi connectivity index (χ2n) is 4.79. The first-order valence-corrected chi connectivity index (χ1v) is 7.67. The van der Waals surface area contributed by atoms with Crippen LogP contribution < -0.4 is 5.32 Å². The lowest BCUT2D eigenvalue weighted by molar-refractivity contribution is 0.183. The normalized spacial score (nSPS) is 12.5. The molecule has 0 saturated carbocycles. The van der Waals surface area contributed by atoms with Crippen LogP contribution in [0.25, 0.3) is 21.3 Å². The molecule has 5 nitrogen and oxygen atoms in total. The Morgan fingerprint density at radius 1 is 1.24 bits per heavy atom. The molecule has 2 heterocycles. The molecular formula is C15H16N4OS. The summed E-state index contributed by atoms with van der Waals surface area (Å²) in [5.74, 6) is 0. The van der Waals surface area contributed by atoms with E-state index in [2.05, 4.69) is 26.6 Å². The van der Waals surface area contributed by atoms with Crippen molar-refractivity contribution in [2.75, 3.05) is 11.9 Å². The average molecular weight is 300 g/mol. The van der Waals surface area contributed by atoms with Gasteiger partial charge in [0.1, 0.15) is 5.01 Å². The smallest absolute Gasteiger partial charge is 0.206 e. The number of anilines is 1. The molecule has 0 aliphatic heterocycles. The van der Waals surface area contributed by atoms with Gasteiger partial charge in [-0.2, -0.15) is 0 Å². The lowest BCUT2D eigenvalue weighted by Crippen LogP contribution is -2.17. The van der Waals surface area contributed by atoms with E-state index in [0.29, 0.717) is 6.54 Å². The monoisotopic (exact) mass is 300 g/mol. The number of aliphatic hydroxyl groups excluding tert-OH is 1. The maximum atomic E-state index is 9.55. The van der Waals surface area contributed by atoms with E-state index in [1.54, 1.807) is 6.20 Å². The molecule has 0 aliphatic rings. The highest BCUT2D eigenvalue weighted by Gasteiger charge is 2.08. The van der Waals surface area contributed by atoms with E-state index in [4.69, 9.17) is 0 Å². The zero-order valence-electron chi connectivity index (χ0n) is 11.7. The highest BCUT2D eigenvalue weighted by molar-refractivity contribution is 7.18. The Balaban J connectivity index is 1.81. The van der Waals surface area contributed by atoms with Gasteiger partial charge in [-0.05, 0) is 23.9 Å². The summed E-state index contributed by atoms with van der Waals surface area (Å²) in [4.78, 5) is 4.11. The summed E-state index contributed by atoms with van der Waals surface area (Å²) < 4.78 is 0. The number of fused-ring (bicyclic) bond motifs is 1. The molecule has 0 bridgehead atoms. The molecule has 0 fully saturated rings. The van der Waals surface area contributed by atoms with Crippen molar-refractivity contribution in [2.45, 2.75) is 19.4 Å². The number of hydrogen-bond acceptors (Lipinski definition) is 6. The van der Waals surface area contributed by atoms with Crippen molar-refractivity contribution in [2.24, 2.45) is 0 Å². The van der Waals surface area contributed by atoms with Gasteiger partial charge in [-0.1, -0.05) is 30.4 Å². The van der Waals surface area contributed by atoms with Crippen LogP contribution in [0.5, 0.6) is 0 Å². The number of aliphatic hydroxyl groups is 1. The highest BCUT2D eigenvalue weighted by Crippen LogP contribution is 2.28. The molecule has 0 aliphatic carbocycles. The van der Waals surface area contributed by atoms with Crippen LogP contribution in [0.3, 0.4) is 0 Å². The summed E-state index contributed by atoms with van der Waals surface area (Å²) in [5.41, 5.74) is 1.04. The molecule has 108 valence electrons.